The highest BCUT2D eigenvalue weighted by Crippen LogP contribution is 2.33. The fourth-order valence-electron chi connectivity index (χ4n) is 1.61. The molecule has 0 saturated heterocycles. The standard InChI is InChI=1S/C11H8N2OS/c14-11-7-5-15-6-10(7)12-8-3-1-2-4-9(8)13-11/h1-6,12H,(H,13,14). The molecule has 1 aromatic carbocycles. The van der Waals surface area contributed by atoms with E-state index in [9.17, 15) is 4.79 Å². The van der Waals surface area contributed by atoms with Crippen molar-refractivity contribution < 1.29 is 4.79 Å². The lowest BCUT2D eigenvalue weighted by atomic mass is 10.2. The van der Waals surface area contributed by atoms with Crippen LogP contribution < -0.4 is 10.6 Å². The predicted octanol–water partition coefficient (Wildman–Crippen LogP) is 3.06. The Kier molecular flexibility index (Phi) is 1.76. The maximum Gasteiger partial charge on any atom is 0.258 e. The topological polar surface area (TPSA) is 41.1 Å². The van der Waals surface area contributed by atoms with Crippen molar-refractivity contribution in [2.24, 2.45) is 0 Å². The van der Waals surface area contributed by atoms with Crippen molar-refractivity contribution in [3.05, 3.63) is 40.6 Å². The quantitative estimate of drug-likeness (QED) is 0.710. The number of benzene rings is 1. The fraction of sp³-hybridized carbons (Fsp3) is 0. The minimum absolute atomic E-state index is 0.0521. The van der Waals surface area contributed by atoms with Crippen LogP contribution in [-0.2, 0) is 0 Å². The number of rotatable bonds is 0. The van der Waals surface area contributed by atoms with Gasteiger partial charge in [0.05, 0.1) is 22.6 Å². The number of fused-ring (bicyclic) bond motifs is 2. The van der Waals surface area contributed by atoms with E-state index in [-0.39, 0.29) is 5.91 Å². The third-order valence-electron chi connectivity index (χ3n) is 2.35. The van der Waals surface area contributed by atoms with Crippen molar-refractivity contribution in [2.75, 3.05) is 10.6 Å². The van der Waals surface area contributed by atoms with Gasteiger partial charge in [0.2, 0.25) is 0 Å². The summed E-state index contributed by atoms with van der Waals surface area (Å²) in [4.78, 5) is 11.8. The molecule has 0 fully saturated rings. The molecule has 0 bridgehead atoms. The summed E-state index contributed by atoms with van der Waals surface area (Å²) in [5.41, 5.74) is 3.34. The maximum atomic E-state index is 11.8. The van der Waals surface area contributed by atoms with Crippen LogP contribution in [0.4, 0.5) is 17.1 Å². The van der Waals surface area contributed by atoms with E-state index < -0.39 is 0 Å². The zero-order valence-corrected chi connectivity index (χ0v) is 8.60. The summed E-state index contributed by atoms with van der Waals surface area (Å²) < 4.78 is 0. The lowest BCUT2D eigenvalue weighted by Crippen LogP contribution is -2.09. The average Bonchev–Trinajstić information content (AvgIpc) is 2.64. The van der Waals surface area contributed by atoms with E-state index in [2.05, 4.69) is 10.6 Å². The van der Waals surface area contributed by atoms with E-state index in [0.717, 1.165) is 17.1 Å². The number of hydrogen-bond acceptors (Lipinski definition) is 3. The molecular formula is C11H8N2OS. The van der Waals surface area contributed by atoms with Crippen LogP contribution in [0.3, 0.4) is 0 Å². The van der Waals surface area contributed by atoms with Gasteiger partial charge in [-0.25, -0.2) is 0 Å². The SMILES string of the molecule is O=C1Nc2ccccc2Nc2cscc21. The van der Waals surface area contributed by atoms with Crippen LogP contribution in [0.5, 0.6) is 0 Å². The number of para-hydroxylation sites is 2. The highest BCUT2D eigenvalue weighted by atomic mass is 32.1. The van der Waals surface area contributed by atoms with Gasteiger partial charge in [-0.3, -0.25) is 4.79 Å². The number of carbonyl (C=O) groups is 1. The zero-order valence-electron chi connectivity index (χ0n) is 7.78. The van der Waals surface area contributed by atoms with Gasteiger partial charge in [-0.15, -0.1) is 11.3 Å². The Hall–Kier alpha value is -1.81. The molecule has 15 heavy (non-hydrogen) atoms. The first-order valence-corrected chi connectivity index (χ1v) is 5.52. The summed E-state index contributed by atoms with van der Waals surface area (Å²) in [6.07, 6.45) is 0. The van der Waals surface area contributed by atoms with E-state index >= 15 is 0 Å². The third kappa shape index (κ3) is 1.30. The molecular weight excluding hydrogens is 208 g/mol. The van der Waals surface area contributed by atoms with Gasteiger partial charge >= 0.3 is 0 Å². The van der Waals surface area contributed by atoms with Crippen molar-refractivity contribution in [1.82, 2.24) is 0 Å². The predicted molar refractivity (Wildman–Crippen MR) is 62.0 cm³/mol. The molecule has 74 valence electrons. The average molecular weight is 216 g/mol. The molecule has 2 N–H and O–H groups in total. The second kappa shape index (κ2) is 3.10. The Morgan fingerprint density at radius 1 is 0.933 bits per heavy atom. The number of nitrogens with one attached hydrogen (secondary N) is 2. The molecule has 1 aliphatic rings. The number of hydrogen-bond donors (Lipinski definition) is 2. The molecule has 1 amide bonds. The first kappa shape index (κ1) is 8.49. The molecule has 0 saturated carbocycles. The van der Waals surface area contributed by atoms with Crippen LogP contribution in [0.25, 0.3) is 0 Å². The van der Waals surface area contributed by atoms with E-state index in [0.29, 0.717) is 5.56 Å². The smallest absolute Gasteiger partial charge is 0.258 e. The molecule has 2 heterocycles. The molecule has 0 unspecified atom stereocenters. The van der Waals surface area contributed by atoms with Crippen molar-refractivity contribution in [2.45, 2.75) is 0 Å². The van der Waals surface area contributed by atoms with E-state index in [4.69, 9.17) is 0 Å². The van der Waals surface area contributed by atoms with Gasteiger partial charge in [0.1, 0.15) is 0 Å². The van der Waals surface area contributed by atoms with Gasteiger partial charge in [-0.2, -0.15) is 0 Å². The monoisotopic (exact) mass is 216 g/mol. The van der Waals surface area contributed by atoms with Crippen LogP contribution in [0.15, 0.2) is 35.0 Å². The number of amides is 1. The fourth-order valence-corrected chi connectivity index (χ4v) is 2.37. The Labute approximate surface area is 90.7 Å². The van der Waals surface area contributed by atoms with E-state index in [1.165, 1.54) is 11.3 Å². The van der Waals surface area contributed by atoms with Crippen LogP contribution in [0, 0.1) is 0 Å². The summed E-state index contributed by atoms with van der Waals surface area (Å²) in [6.45, 7) is 0. The first-order valence-electron chi connectivity index (χ1n) is 4.58. The normalized spacial score (nSPS) is 13.2. The van der Waals surface area contributed by atoms with Crippen molar-refractivity contribution in [3.8, 4) is 0 Å². The Balaban J connectivity index is 2.18. The molecule has 0 radical (unpaired) electrons. The van der Waals surface area contributed by atoms with Gasteiger partial charge < -0.3 is 10.6 Å². The molecule has 3 nitrogen and oxygen atoms in total. The zero-order chi connectivity index (χ0) is 10.3. The maximum absolute atomic E-state index is 11.8. The van der Waals surface area contributed by atoms with Gasteiger partial charge in [0.25, 0.3) is 5.91 Å². The van der Waals surface area contributed by atoms with Crippen LogP contribution >= 0.6 is 11.3 Å². The second-order valence-electron chi connectivity index (χ2n) is 3.32. The van der Waals surface area contributed by atoms with E-state index in [1.54, 1.807) is 0 Å². The minimum atomic E-state index is -0.0521. The molecule has 0 aliphatic carbocycles. The molecule has 4 heteroatoms. The molecule has 2 aromatic rings. The van der Waals surface area contributed by atoms with Gasteiger partial charge in [0.15, 0.2) is 0 Å². The summed E-state index contributed by atoms with van der Waals surface area (Å²) in [6, 6.07) is 7.67. The van der Waals surface area contributed by atoms with Gasteiger partial charge in [0, 0.05) is 10.8 Å². The summed E-state index contributed by atoms with van der Waals surface area (Å²) >= 11 is 1.52. The highest BCUT2D eigenvalue weighted by molar-refractivity contribution is 7.08. The third-order valence-corrected chi connectivity index (χ3v) is 3.09. The Morgan fingerprint density at radius 2 is 1.67 bits per heavy atom. The number of carbonyl (C=O) groups excluding carboxylic acids is 1. The molecule has 0 atom stereocenters. The van der Waals surface area contributed by atoms with Gasteiger partial charge in [-0.1, -0.05) is 12.1 Å². The summed E-state index contributed by atoms with van der Waals surface area (Å²) in [5.74, 6) is -0.0521. The highest BCUT2D eigenvalue weighted by Gasteiger charge is 2.18. The summed E-state index contributed by atoms with van der Waals surface area (Å²) in [5, 5.41) is 9.90. The largest absolute Gasteiger partial charge is 0.352 e. The lowest BCUT2D eigenvalue weighted by molar-refractivity contribution is 0.102. The van der Waals surface area contributed by atoms with Crippen molar-refractivity contribution in [1.29, 1.82) is 0 Å². The number of thiophene rings is 1. The van der Waals surface area contributed by atoms with Crippen molar-refractivity contribution in [3.63, 3.8) is 0 Å². The van der Waals surface area contributed by atoms with E-state index in [1.807, 2.05) is 35.0 Å². The van der Waals surface area contributed by atoms with Crippen LogP contribution in [0.1, 0.15) is 10.4 Å². The Bertz CT molecular complexity index is 533. The molecule has 3 rings (SSSR count). The van der Waals surface area contributed by atoms with Crippen LogP contribution in [0.2, 0.25) is 0 Å². The number of anilines is 3. The second-order valence-corrected chi connectivity index (χ2v) is 4.07. The lowest BCUT2D eigenvalue weighted by Gasteiger charge is -2.06. The summed E-state index contributed by atoms with van der Waals surface area (Å²) in [7, 11) is 0. The van der Waals surface area contributed by atoms with Crippen LogP contribution in [-0.4, -0.2) is 5.91 Å². The molecule has 1 aliphatic heterocycles. The van der Waals surface area contributed by atoms with Gasteiger partial charge in [-0.05, 0) is 12.1 Å². The molecule has 1 aromatic heterocycles. The molecule has 0 spiro atoms. The minimum Gasteiger partial charge on any atom is -0.352 e. The first-order chi connectivity index (χ1) is 7.34. The van der Waals surface area contributed by atoms with Crippen molar-refractivity contribution >= 4 is 34.3 Å². The Morgan fingerprint density at radius 3 is 2.47 bits per heavy atom.